The Labute approximate surface area is 201 Å². The molecule has 11 heteroatoms. The van der Waals surface area contributed by atoms with Crippen LogP contribution in [0.1, 0.15) is 37.3 Å². The molecule has 4 aromatic rings. The Kier molecular flexibility index (Phi) is 5.77. The van der Waals surface area contributed by atoms with Crippen molar-refractivity contribution in [3.05, 3.63) is 60.2 Å². The number of hydrogen-bond donors (Lipinski definition) is 2. The minimum absolute atomic E-state index is 0.0255. The third-order valence-corrected chi connectivity index (χ3v) is 6.16. The molecule has 0 radical (unpaired) electrons. The number of hydrogen-bond acceptors (Lipinski definition) is 9. The van der Waals surface area contributed by atoms with Crippen molar-refractivity contribution < 1.29 is 14.4 Å². The Balaban J connectivity index is 1.39. The van der Waals surface area contributed by atoms with Gasteiger partial charge in [-0.25, -0.2) is 15.0 Å². The van der Waals surface area contributed by atoms with E-state index < -0.39 is 11.5 Å². The summed E-state index contributed by atoms with van der Waals surface area (Å²) in [6, 6.07) is 10.8. The molecule has 0 aromatic carbocycles. The molecule has 180 valence electrons. The Hall–Kier alpha value is -4.12. The van der Waals surface area contributed by atoms with Crippen LogP contribution in [-0.2, 0) is 17.4 Å². The minimum Gasteiger partial charge on any atom is -0.373 e. The summed E-state index contributed by atoms with van der Waals surface area (Å²) >= 11 is 0. The van der Waals surface area contributed by atoms with E-state index in [4.69, 9.17) is 4.52 Å². The van der Waals surface area contributed by atoms with E-state index in [0.29, 0.717) is 35.3 Å². The molecule has 4 aromatic heterocycles. The van der Waals surface area contributed by atoms with E-state index in [1.165, 1.54) is 4.90 Å². The van der Waals surface area contributed by atoms with Crippen LogP contribution in [-0.4, -0.2) is 59.4 Å². The number of rotatable bonds is 7. The summed E-state index contributed by atoms with van der Waals surface area (Å²) < 4.78 is 7.12. The van der Waals surface area contributed by atoms with Gasteiger partial charge in [0.05, 0.1) is 28.8 Å². The number of pyridine rings is 1. The van der Waals surface area contributed by atoms with Crippen molar-refractivity contribution in [3.8, 4) is 22.8 Å². The van der Waals surface area contributed by atoms with E-state index in [0.717, 1.165) is 12.1 Å². The second-order valence-corrected chi connectivity index (χ2v) is 8.61. The van der Waals surface area contributed by atoms with Gasteiger partial charge in [0.25, 0.3) is 5.91 Å². The van der Waals surface area contributed by atoms with E-state index in [1.54, 1.807) is 36.1 Å². The average Bonchev–Trinajstić information content (AvgIpc) is 3.60. The summed E-state index contributed by atoms with van der Waals surface area (Å²) in [4.78, 5) is 27.5. The minimum atomic E-state index is -1.70. The van der Waals surface area contributed by atoms with Crippen molar-refractivity contribution in [2.45, 2.75) is 31.4 Å². The van der Waals surface area contributed by atoms with Gasteiger partial charge in [-0.15, -0.1) is 0 Å². The van der Waals surface area contributed by atoms with Gasteiger partial charge in [-0.05, 0) is 30.7 Å². The molecule has 2 N–H and O–H groups in total. The first kappa shape index (κ1) is 22.7. The quantitative estimate of drug-likeness (QED) is 0.414. The Bertz CT molecular complexity index is 1370. The maximum Gasteiger partial charge on any atom is 0.262 e. The number of nitrogens with one attached hydrogen (secondary N) is 1. The van der Waals surface area contributed by atoms with Crippen LogP contribution in [0.3, 0.4) is 0 Å². The van der Waals surface area contributed by atoms with Gasteiger partial charge < -0.3 is 19.8 Å². The molecule has 1 fully saturated rings. The fourth-order valence-electron chi connectivity index (χ4n) is 4.12. The maximum atomic E-state index is 12.4. The van der Waals surface area contributed by atoms with Crippen molar-refractivity contribution in [2.75, 3.05) is 18.9 Å². The van der Waals surface area contributed by atoms with Gasteiger partial charge in [-0.2, -0.15) is 5.10 Å². The summed E-state index contributed by atoms with van der Waals surface area (Å²) in [6.07, 6.45) is 4.65. The molecule has 1 aliphatic heterocycles. The van der Waals surface area contributed by atoms with Crippen molar-refractivity contribution in [3.63, 3.8) is 0 Å². The van der Waals surface area contributed by atoms with Gasteiger partial charge in [-0.3, -0.25) is 9.48 Å². The smallest absolute Gasteiger partial charge is 0.262 e. The SMILES string of the molecule is CCC(Nc1nccc(-c2cccc(-c3cc([C@]4(O)CCN(C)C4=O)on3)n2)n1)c1ccn(C)n1. The molecular weight excluding hydrogens is 448 g/mol. The van der Waals surface area contributed by atoms with Crippen LogP contribution >= 0.6 is 0 Å². The average molecular weight is 475 g/mol. The van der Waals surface area contributed by atoms with E-state index in [2.05, 4.69) is 37.4 Å². The van der Waals surface area contributed by atoms with E-state index >= 15 is 0 Å². The number of carbonyl (C=O) groups excluding carboxylic acids is 1. The van der Waals surface area contributed by atoms with Gasteiger partial charge >= 0.3 is 0 Å². The normalized spacial score (nSPS) is 18.7. The molecular formula is C24H26N8O3. The van der Waals surface area contributed by atoms with Crippen LogP contribution in [0, 0.1) is 0 Å². The monoisotopic (exact) mass is 474 g/mol. The van der Waals surface area contributed by atoms with Crippen molar-refractivity contribution in [1.29, 1.82) is 0 Å². The van der Waals surface area contributed by atoms with Crippen LogP contribution in [0.15, 0.2) is 53.3 Å². The summed E-state index contributed by atoms with van der Waals surface area (Å²) in [5.41, 5.74) is 1.43. The number of aryl methyl sites for hydroxylation is 1. The highest BCUT2D eigenvalue weighted by Crippen LogP contribution is 2.34. The fraction of sp³-hybridized carbons (Fsp3) is 0.333. The van der Waals surface area contributed by atoms with Crippen LogP contribution in [0.4, 0.5) is 5.95 Å². The molecule has 0 aliphatic carbocycles. The first-order chi connectivity index (χ1) is 16.9. The zero-order valence-electron chi connectivity index (χ0n) is 19.7. The molecule has 0 bridgehead atoms. The summed E-state index contributed by atoms with van der Waals surface area (Å²) in [6.45, 7) is 2.52. The van der Waals surface area contributed by atoms with Crippen LogP contribution in [0.2, 0.25) is 0 Å². The molecule has 1 unspecified atom stereocenters. The molecule has 2 atom stereocenters. The lowest BCUT2D eigenvalue weighted by Crippen LogP contribution is -2.35. The Morgan fingerprint density at radius 3 is 2.60 bits per heavy atom. The second-order valence-electron chi connectivity index (χ2n) is 8.61. The topological polar surface area (TPSA) is 135 Å². The van der Waals surface area contributed by atoms with Gasteiger partial charge in [0, 0.05) is 45.5 Å². The molecule has 1 aliphatic rings. The molecule has 5 heterocycles. The zero-order chi connectivity index (χ0) is 24.6. The zero-order valence-corrected chi connectivity index (χ0v) is 19.7. The number of aromatic nitrogens is 6. The summed E-state index contributed by atoms with van der Waals surface area (Å²) in [5, 5.41) is 22.7. The van der Waals surface area contributed by atoms with Crippen molar-refractivity contribution >= 4 is 11.9 Å². The van der Waals surface area contributed by atoms with Gasteiger partial charge in [0.15, 0.2) is 5.76 Å². The van der Waals surface area contributed by atoms with Crippen LogP contribution in [0.25, 0.3) is 22.8 Å². The first-order valence-electron chi connectivity index (χ1n) is 11.4. The lowest BCUT2D eigenvalue weighted by molar-refractivity contribution is -0.144. The highest BCUT2D eigenvalue weighted by Gasteiger charge is 2.48. The molecule has 0 saturated carbocycles. The standard InChI is InChI=1S/C24H26N8O3/c1-4-15(19-9-12-32(3)29-19)27-23-25-11-8-18(28-23)16-6-5-7-17(26-16)20-14-21(35-30-20)24(34)10-13-31(2)22(24)33/h5-9,11-12,14-15,34H,4,10,13H2,1-3H3,(H,25,27,28)/t15?,24-/m1/s1. The second kappa shape index (κ2) is 8.91. The van der Waals surface area contributed by atoms with Crippen LogP contribution in [0.5, 0.6) is 0 Å². The molecule has 35 heavy (non-hydrogen) atoms. The Morgan fingerprint density at radius 2 is 1.91 bits per heavy atom. The number of nitrogens with zero attached hydrogens (tertiary/aromatic N) is 7. The lowest BCUT2D eigenvalue weighted by atomic mass is 9.98. The van der Waals surface area contributed by atoms with E-state index in [1.807, 2.05) is 31.4 Å². The lowest BCUT2D eigenvalue weighted by Gasteiger charge is -2.16. The fourth-order valence-corrected chi connectivity index (χ4v) is 4.12. The first-order valence-corrected chi connectivity index (χ1v) is 11.4. The highest BCUT2D eigenvalue weighted by molar-refractivity contribution is 5.87. The van der Waals surface area contributed by atoms with Gasteiger partial charge in [0.1, 0.15) is 5.69 Å². The number of likely N-dealkylation sites (N-methyl/N-ethyl adjacent to an activating group) is 1. The molecule has 0 spiro atoms. The third kappa shape index (κ3) is 4.26. The van der Waals surface area contributed by atoms with Gasteiger partial charge in [-0.1, -0.05) is 18.1 Å². The molecule has 5 rings (SSSR count). The van der Waals surface area contributed by atoms with E-state index in [9.17, 15) is 9.90 Å². The van der Waals surface area contributed by atoms with Crippen molar-refractivity contribution in [2.24, 2.45) is 7.05 Å². The molecule has 11 nitrogen and oxygen atoms in total. The van der Waals surface area contributed by atoms with Crippen molar-refractivity contribution in [1.82, 2.24) is 34.8 Å². The number of likely N-dealkylation sites (tertiary alicyclic amines) is 1. The Morgan fingerprint density at radius 1 is 1.14 bits per heavy atom. The van der Waals surface area contributed by atoms with E-state index in [-0.39, 0.29) is 18.2 Å². The molecule has 1 saturated heterocycles. The maximum absolute atomic E-state index is 12.4. The number of amides is 1. The predicted molar refractivity (Wildman–Crippen MR) is 127 cm³/mol. The number of aliphatic hydroxyl groups is 1. The largest absolute Gasteiger partial charge is 0.373 e. The predicted octanol–water partition coefficient (Wildman–Crippen LogP) is 2.54. The summed E-state index contributed by atoms with van der Waals surface area (Å²) in [5.74, 6) is 0.184. The van der Waals surface area contributed by atoms with Crippen LogP contribution < -0.4 is 5.32 Å². The number of anilines is 1. The third-order valence-electron chi connectivity index (χ3n) is 6.16. The number of carbonyl (C=O) groups is 1. The highest BCUT2D eigenvalue weighted by atomic mass is 16.5. The van der Waals surface area contributed by atoms with Gasteiger partial charge in [0.2, 0.25) is 11.5 Å². The summed E-state index contributed by atoms with van der Waals surface area (Å²) in [7, 11) is 3.53. The molecule has 1 amide bonds.